The number of hydrogen-bond acceptors (Lipinski definition) is 3. The maximum Gasteiger partial charge on any atom is 0.316 e. The monoisotopic (exact) mass is 294 g/mol. The molecule has 0 aliphatic heterocycles. The Hall–Kier alpha value is -1.46. The minimum Gasteiger partial charge on any atom is -0.409 e. The van der Waals surface area contributed by atoms with Gasteiger partial charge in [0.1, 0.15) is 0 Å². The van der Waals surface area contributed by atoms with Gasteiger partial charge in [-0.25, -0.2) is 4.79 Å². The Labute approximate surface area is 125 Å². The van der Waals surface area contributed by atoms with Gasteiger partial charge in [-0.2, -0.15) is 0 Å². The SMILES string of the molecule is CC(C)(NC(=O)NC12CC3CC(CC(C3)C1)C2)/C(N)=N/O. The van der Waals surface area contributed by atoms with E-state index in [4.69, 9.17) is 10.9 Å². The smallest absolute Gasteiger partial charge is 0.316 e. The van der Waals surface area contributed by atoms with E-state index in [1.165, 1.54) is 19.3 Å². The van der Waals surface area contributed by atoms with E-state index in [0.717, 1.165) is 37.0 Å². The molecule has 5 N–H and O–H groups in total. The van der Waals surface area contributed by atoms with Crippen molar-refractivity contribution in [1.29, 1.82) is 0 Å². The third kappa shape index (κ3) is 2.68. The Balaban J connectivity index is 1.65. The molecule has 0 aromatic heterocycles. The van der Waals surface area contributed by atoms with Crippen molar-refractivity contribution >= 4 is 11.9 Å². The van der Waals surface area contributed by atoms with Crippen molar-refractivity contribution in [1.82, 2.24) is 10.6 Å². The number of hydrogen-bond donors (Lipinski definition) is 4. The first-order valence-corrected chi connectivity index (χ1v) is 7.90. The quantitative estimate of drug-likeness (QED) is 0.276. The van der Waals surface area contributed by atoms with Gasteiger partial charge in [0.25, 0.3) is 0 Å². The molecule has 0 spiro atoms. The molecule has 118 valence electrons. The molecule has 0 heterocycles. The number of amides is 2. The number of nitrogens with one attached hydrogen (secondary N) is 2. The largest absolute Gasteiger partial charge is 0.409 e. The molecular weight excluding hydrogens is 268 g/mol. The fraction of sp³-hybridized carbons (Fsp3) is 0.867. The molecule has 0 radical (unpaired) electrons. The summed E-state index contributed by atoms with van der Waals surface area (Å²) >= 11 is 0. The van der Waals surface area contributed by atoms with Crippen LogP contribution >= 0.6 is 0 Å². The molecule has 4 rings (SSSR count). The molecule has 6 heteroatoms. The van der Waals surface area contributed by atoms with E-state index in [0.29, 0.717) is 0 Å². The van der Waals surface area contributed by atoms with Gasteiger partial charge < -0.3 is 21.6 Å². The second kappa shape index (κ2) is 4.78. The van der Waals surface area contributed by atoms with E-state index >= 15 is 0 Å². The van der Waals surface area contributed by atoms with E-state index in [9.17, 15) is 4.79 Å². The maximum atomic E-state index is 12.3. The first-order valence-electron chi connectivity index (χ1n) is 7.90. The summed E-state index contributed by atoms with van der Waals surface area (Å²) in [6.45, 7) is 3.45. The molecule has 0 unspecified atom stereocenters. The van der Waals surface area contributed by atoms with Gasteiger partial charge in [-0.15, -0.1) is 0 Å². The minimum absolute atomic E-state index is 0.00293. The average molecular weight is 294 g/mol. The van der Waals surface area contributed by atoms with Crippen molar-refractivity contribution < 1.29 is 10.0 Å². The summed E-state index contributed by atoms with van der Waals surface area (Å²) in [5, 5.41) is 17.8. The van der Waals surface area contributed by atoms with Crippen molar-refractivity contribution in [3.05, 3.63) is 0 Å². The molecule has 4 bridgehead atoms. The van der Waals surface area contributed by atoms with Crippen LogP contribution in [0, 0.1) is 17.8 Å². The fourth-order valence-corrected chi connectivity index (χ4v) is 5.01. The lowest BCUT2D eigenvalue weighted by Crippen LogP contribution is -2.64. The Kier molecular flexibility index (Phi) is 3.30. The van der Waals surface area contributed by atoms with Gasteiger partial charge in [0, 0.05) is 5.54 Å². The number of nitrogens with two attached hydrogens (primary N) is 1. The minimum atomic E-state index is -0.860. The highest BCUT2D eigenvalue weighted by Crippen LogP contribution is 2.55. The summed E-state index contributed by atoms with van der Waals surface area (Å²) in [6.07, 6.45) is 7.36. The lowest BCUT2D eigenvalue weighted by atomic mass is 9.53. The van der Waals surface area contributed by atoms with Crippen LogP contribution < -0.4 is 16.4 Å². The number of amidine groups is 1. The van der Waals surface area contributed by atoms with E-state index < -0.39 is 5.54 Å². The van der Waals surface area contributed by atoms with Crippen LogP contribution in [0.15, 0.2) is 5.16 Å². The standard InChI is InChI=1S/C15H26N4O2/c1-14(2,12(16)19-21)17-13(20)18-15-6-9-3-10(7-15)5-11(4-9)8-15/h9-11,21H,3-8H2,1-2H3,(H2,16,19)(H2,17,18,20). The lowest BCUT2D eigenvalue weighted by molar-refractivity contribution is -0.0137. The van der Waals surface area contributed by atoms with Crippen LogP contribution in [0.25, 0.3) is 0 Å². The zero-order valence-electron chi connectivity index (χ0n) is 12.9. The summed E-state index contributed by atoms with van der Waals surface area (Å²) < 4.78 is 0. The lowest BCUT2D eigenvalue weighted by Gasteiger charge is -2.56. The summed E-state index contributed by atoms with van der Waals surface area (Å²) in [6, 6.07) is -0.214. The zero-order chi connectivity index (χ0) is 15.3. The first-order chi connectivity index (χ1) is 9.82. The van der Waals surface area contributed by atoms with E-state index in [1.54, 1.807) is 13.8 Å². The van der Waals surface area contributed by atoms with Crippen molar-refractivity contribution in [3.8, 4) is 0 Å². The maximum absolute atomic E-state index is 12.3. The number of oxime groups is 1. The van der Waals surface area contributed by atoms with Gasteiger partial charge in [-0.3, -0.25) is 0 Å². The first kappa shape index (κ1) is 14.5. The number of urea groups is 1. The normalized spacial score (nSPS) is 38.4. The van der Waals surface area contributed by atoms with Crippen molar-refractivity contribution in [3.63, 3.8) is 0 Å². The van der Waals surface area contributed by atoms with Crippen LogP contribution in [-0.4, -0.2) is 28.2 Å². The van der Waals surface area contributed by atoms with Gasteiger partial charge in [-0.05, 0) is 70.1 Å². The molecule has 4 aliphatic rings. The molecule has 0 saturated heterocycles. The Morgan fingerprint density at radius 1 is 1.19 bits per heavy atom. The van der Waals surface area contributed by atoms with Crippen LogP contribution in [-0.2, 0) is 0 Å². The highest BCUT2D eigenvalue weighted by Gasteiger charge is 2.51. The Bertz CT molecular complexity index is 437. The molecule has 2 amide bonds. The molecule has 4 aliphatic carbocycles. The fourth-order valence-electron chi connectivity index (χ4n) is 5.01. The second-order valence-electron chi connectivity index (χ2n) is 7.89. The van der Waals surface area contributed by atoms with E-state index in [2.05, 4.69) is 15.8 Å². The highest BCUT2D eigenvalue weighted by molar-refractivity contribution is 5.92. The molecular formula is C15H26N4O2. The van der Waals surface area contributed by atoms with Crippen LogP contribution in [0.3, 0.4) is 0 Å². The zero-order valence-corrected chi connectivity index (χ0v) is 12.9. The summed E-state index contributed by atoms with van der Waals surface area (Å²) in [5.41, 5.74) is 4.73. The molecule has 21 heavy (non-hydrogen) atoms. The molecule has 0 atom stereocenters. The number of carbonyl (C=O) groups is 1. The number of nitrogens with zero attached hydrogens (tertiary/aromatic N) is 1. The van der Waals surface area contributed by atoms with Crippen LogP contribution in [0.5, 0.6) is 0 Å². The predicted molar refractivity (Wildman–Crippen MR) is 80.1 cm³/mol. The molecule has 0 aromatic carbocycles. The van der Waals surface area contributed by atoms with E-state index in [-0.39, 0.29) is 17.4 Å². The van der Waals surface area contributed by atoms with Crippen LogP contribution in [0.2, 0.25) is 0 Å². The Morgan fingerprint density at radius 2 is 1.67 bits per heavy atom. The molecule has 6 nitrogen and oxygen atoms in total. The van der Waals surface area contributed by atoms with Crippen molar-refractivity contribution in [2.45, 2.75) is 63.5 Å². The number of rotatable bonds is 3. The number of carbonyl (C=O) groups excluding carboxylic acids is 1. The third-order valence-electron chi connectivity index (χ3n) is 5.59. The van der Waals surface area contributed by atoms with Gasteiger partial charge in [0.05, 0.1) is 5.54 Å². The molecule has 4 fully saturated rings. The summed E-state index contributed by atoms with van der Waals surface area (Å²) in [4.78, 5) is 12.3. The van der Waals surface area contributed by atoms with Crippen molar-refractivity contribution in [2.75, 3.05) is 0 Å². The predicted octanol–water partition coefficient (Wildman–Crippen LogP) is 1.78. The summed E-state index contributed by atoms with van der Waals surface area (Å²) in [7, 11) is 0. The van der Waals surface area contributed by atoms with Gasteiger partial charge in [0.15, 0.2) is 5.84 Å². The van der Waals surface area contributed by atoms with Crippen LogP contribution in [0.1, 0.15) is 52.4 Å². The topological polar surface area (TPSA) is 99.7 Å². The Morgan fingerprint density at radius 3 is 2.10 bits per heavy atom. The average Bonchev–Trinajstić information content (AvgIpc) is 2.34. The third-order valence-corrected chi connectivity index (χ3v) is 5.59. The summed E-state index contributed by atoms with van der Waals surface area (Å²) in [5.74, 6) is 2.36. The molecule has 0 aromatic rings. The second-order valence-corrected chi connectivity index (χ2v) is 7.89. The van der Waals surface area contributed by atoms with Crippen molar-refractivity contribution in [2.24, 2.45) is 28.6 Å². The van der Waals surface area contributed by atoms with Gasteiger partial charge >= 0.3 is 6.03 Å². The molecule has 4 saturated carbocycles. The van der Waals surface area contributed by atoms with Crippen LogP contribution in [0.4, 0.5) is 4.79 Å². The van der Waals surface area contributed by atoms with Gasteiger partial charge in [-0.1, -0.05) is 5.16 Å². The van der Waals surface area contributed by atoms with Gasteiger partial charge in [0.2, 0.25) is 0 Å². The van der Waals surface area contributed by atoms with E-state index in [1.807, 2.05) is 0 Å². The highest BCUT2D eigenvalue weighted by atomic mass is 16.4.